The summed E-state index contributed by atoms with van der Waals surface area (Å²) in [6.45, 7) is 5.35. The van der Waals surface area contributed by atoms with Gasteiger partial charge in [0.25, 0.3) is 0 Å². The summed E-state index contributed by atoms with van der Waals surface area (Å²) in [5, 5.41) is 3.23. The lowest BCUT2D eigenvalue weighted by molar-refractivity contribution is -0.117. The number of morpholine rings is 1. The number of rotatable bonds is 4. The second-order valence-corrected chi connectivity index (χ2v) is 9.56. The lowest BCUT2D eigenvalue weighted by Gasteiger charge is -2.29. The van der Waals surface area contributed by atoms with Crippen LogP contribution in [0.2, 0.25) is 0 Å². The molecule has 1 saturated heterocycles. The molecule has 1 fully saturated rings. The normalized spacial score (nSPS) is 20.5. The summed E-state index contributed by atoms with van der Waals surface area (Å²) < 4.78 is 5.46. The van der Waals surface area contributed by atoms with Crippen LogP contribution in [0.15, 0.2) is 22.5 Å². The first-order valence-corrected chi connectivity index (χ1v) is 11.8. The molecule has 4 heterocycles. The van der Waals surface area contributed by atoms with Gasteiger partial charge in [-0.3, -0.25) is 14.7 Å². The highest BCUT2D eigenvalue weighted by atomic mass is 32.1. The van der Waals surface area contributed by atoms with Crippen LogP contribution in [0.4, 0.5) is 5.00 Å². The monoisotopic (exact) mass is 415 g/mol. The molecule has 2 aromatic rings. The predicted molar refractivity (Wildman–Crippen MR) is 115 cm³/mol. The van der Waals surface area contributed by atoms with E-state index in [2.05, 4.69) is 22.4 Å². The standard InChI is InChI=1S/C21H25N3O2S2/c25-18-14-22-20(17-6-3-13-27-17)19-15-4-1-2-5-16(15)28-21(19)24(18)8-7-23-9-11-26-12-10-23/h3,6,13H,1-2,4-5,7-12,14H2. The summed E-state index contributed by atoms with van der Waals surface area (Å²) in [5.74, 6) is 0.125. The fourth-order valence-corrected chi connectivity index (χ4v) is 6.49. The number of hydrogen-bond acceptors (Lipinski definition) is 6. The molecule has 0 spiro atoms. The van der Waals surface area contributed by atoms with Gasteiger partial charge in [-0.15, -0.1) is 22.7 Å². The lowest BCUT2D eigenvalue weighted by atomic mass is 9.93. The number of amides is 1. The molecule has 0 unspecified atom stereocenters. The first-order valence-electron chi connectivity index (χ1n) is 10.1. The van der Waals surface area contributed by atoms with Crippen molar-refractivity contribution in [2.75, 3.05) is 50.8 Å². The van der Waals surface area contributed by atoms with Crippen LogP contribution in [0.5, 0.6) is 0 Å². The molecule has 1 aliphatic carbocycles. The molecular formula is C21H25N3O2S2. The van der Waals surface area contributed by atoms with Crippen LogP contribution in [0.1, 0.15) is 33.7 Å². The second-order valence-electron chi connectivity index (χ2n) is 7.53. The van der Waals surface area contributed by atoms with Crippen LogP contribution in [0.3, 0.4) is 0 Å². The Hall–Kier alpha value is -1.54. The first-order chi connectivity index (χ1) is 13.8. The number of carbonyl (C=O) groups excluding carboxylic acids is 1. The van der Waals surface area contributed by atoms with E-state index >= 15 is 0 Å². The summed E-state index contributed by atoms with van der Waals surface area (Å²) in [6, 6.07) is 4.21. The zero-order chi connectivity index (χ0) is 18.9. The van der Waals surface area contributed by atoms with Gasteiger partial charge in [-0.05, 0) is 42.7 Å². The molecule has 148 valence electrons. The zero-order valence-electron chi connectivity index (χ0n) is 16.0. The van der Waals surface area contributed by atoms with Crippen molar-refractivity contribution < 1.29 is 9.53 Å². The number of nitrogens with zero attached hydrogens (tertiary/aromatic N) is 3. The average Bonchev–Trinajstić information content (AvgIpc) is 3.36. The van der Waals surface area contributed by atoms with Crippen LogP contribution in [-0.4, -0.2) is 62.5 Å². The van der Waals surface area contributed by atoms with Crippen LogP contribution < -0.4 is 4.90 Å². The van der Waals surface area contributed by atoms with E-state index < -0.39 is 0 Å². The minimum Gasteiger partial charge on any atom is -0.379 e. The molecule has 0 saturated carbocycles. The van der Waals surface area contributed by atoms with E-state index in [0.29, 0.717) is 0 Å². The van der Waals surface area contributed by atoms with Crippen molar-refractivity contribution >= 4 is 39.3 Å². The van der Waals surface area contributed by atoms with E-state index in [1.165, 1.54) is 33.7 Å². The highest BCUT2D eigenvalue weighted by Crippen LogP contribution is 2.43. The highest BCUT2D eigenvalue weighted by molar-refractivity contribution is 7.17. The molecule has 3 aliphatic rings. The Kier molecular flexibility index (Phi) is 5.32. The molecule has 0 aromatic carbocycles. The molecule has 2 aliphatic heterocycles. The van der Waals surface area contributed by atoms with Crippen molar-refractivity contribution in [3.63, 3.8) is 0 Å². The van der Waals surface area contributed by atoms with E-state index in [1.54, 1.807) is 11.3 Å². The Morgan fingerprint density at radius 3 is 2.82 bits per heavy atom. The quantitative estimate of drug-likeness (QED) is 0.770. The maximum atomic E-state index is 13.1. The van der Waals surface area contributed by atoms with Gasteiger partial charge >= 0.3 is 0 Å². The maximum absolute atomic E-state index is 13.1. The SMILES string of the molecule is O=C1CN=C(c2cccs2)c2c(sc3c2CCCC3)N1CCN1CCOCC1. The third-order valence-electron chi connectivity index (χ3n) is 5.81. The number of aryl methyl sites for hydroxylation is 1. The summed E-state index contributed by atoms with van der Waals surface area (Å²) in [6.07, 6.45) is 4.72. The minimum atomic E-state index is 0.125. The first kappa shape index (κ1) is 18.5. The van der Waals surface area contributed by atoms with Crippen molar-refractivity contribution in [2.24, 2.45) is 4.99 Å². The van der Waals surface area contributed by atoms with Crippen LogP contribution >= 0.6 is 22.7 Å². The van der Waals surface area contributed by atoms with E-state index in [9.17, 15) is 4.79 Å². The van der Waals surface area contributed by atoms with Gasteiger partial charge in [-0.2, -0.15) is 0 Å². The van der Waals surface area contributed by atoms with Gasteiger partial charge in [0, 0.05) is 36.6 Å². The predicted octanol–water partition coefficient (Wildman–Crippen LogP) is 3.20. The van der Waals surface area contributed by atoms with E-state index in [-0.39, 0.29) is 12.5 Å². The van der Waals surface area contributed by atoms with Crippen molar-refractivity contribution in [3.05, 3.63) is 38.4 Å². The van der Waals surface area contributed by atoms with Crippen molar-refractivity contribution in [3.8, 4) is 0 Å². The smallest absolute Gasteiger partial charge is 0.249 e. The number of anilines is 1. The van der Waals surface area contributed by atoms with E-state index in [4.69, 9.17) is 9.73 Å². The number of carbonyl (C=O) groups is 1. The number of fused-ring (bicyclic) bond motifs is 3. The Balaban J connectivity index is 1.52. The van der Waals surface area contributed by atoms with Gasteiger partial charge < -0.3 is 9.64 Å². The summed E-state index contributed by atoms with van der Waals surface area (Å²) in [7, 11) is 0. The summed E-state index contributed by atoms with van der Waals surface area (Å²) >= 11 is 3.55. The van der Waals surface area contributed by atoms with E-state index in [1.807, 2.05) is 16.2 Å². The molecule has 0 atom stereocenters. The maximum Gasteiger partial charge on any atom is 0.249 e. The summed E-state index contributed by atoms with van der Waals surface area (Å²) in [4.78, 5) is 25.0. The van der Waals surface area contributed by atoms with Crippen molar-refractivity contribution in [1.82, 2.24) is 4.90 Å². The average molecular weight is 416 g/mol. The molecule has 5 rings (SSSR count). The number of aliphatic imine (C=N–C) groups is 1. The van der Waals surface area contributed by atoms with Crippen LogP contribution in [-0.2, 0) is 22.4 Å². The second kappa shape index (κ2) is 8.06. The van der Waals surface area contributed by atoms with Gasteiger partial charge in [-0.25, -0.2) is 0 Å². The fraction of sp³-hybridized carbons (Fsp3) is 0.524. The molecule has 28 heavy (non-hydrogen) atoms. The topological polar surface area (TPSA) is 45.1 Å². The molecule has 0 radical (unpaired) electrons. The van der Waals surface area contributed by atoms with Gasteiger partial charge in [0.1, 0.15) is 11.5 Å². The zero-order valence-corrected chi connectivity index (χ0v) is 17.6. The molecule has 0 N–H and O–H groups in total. The van der Waals surface area contributed by atoms with Gasteiger partial charge in [0.15, 0.2) is 0 Å². The van der Waals surface area contributed by atoms with E-state index in [0.717, 1.165) is 62.9 Å². The molecule has 5 nitrogen and oxygen atoms in total. The fourth-order valence-electron chi connectivity index (χ4n) is 4.32. The Labute approximate surface area is 173 Å². The van der Waals surface area contributed by atoms with Crippen LogP contribution in [0, 0.1) is 0 Å². The third-order valence-corrected chi connectivity index (χ3v) is 8.00. The Morgan fingerprint density at radius 2 is 2.00 bits per heavy atom. The number of thiophene rings is 2. The minimum absolute atomic E-state index is 0.125. The Bertz CT molecular complexity index is 882. The van der Waals surface area contributed by atoms with Crippen molar-refractivity contribution in [2.45, 2.75) is 25.7 Å². The largest absolute Gasteiger partial charge is 0.379 e. The molecule has 2 aromatic heterocycles. The molecule has 7 heteroatoms. The molecule has 1 amide bonds. The van der Waals surface area contributed by atoms with Crippen molar-refractivity contribution in [1.29, 1.82) is 0 Å². The molecular weight excluding hydrogens is 390 g/mol. The summed E-state index contributed by atoms with van der Waals surface area (Å²) in [5.41, 5.74) is 3.73. The van der Waals surface area contributed by atoms with Gasteiger partial charge in [0.2, 0.25) is 5.91 Å². The Morgan fingerprint density at radius 1 is 1.14 bits per heavy atom. The highest BCUT2D eigenvalue weighted by Gasteiger charge is 2.32. The van der Waals surface area contributed by atoms with Crippen LogP contribution in [0.25, 0.3) is 0 Å². The number of hydrogen-bond donors (Lipinski definition) is 0. The number of ether oxygens (including phenoxy) is 1. The lowest BCUT2D eigenvalue weighted by Crippen LogP contribution is -2.43. The van der Waals surface area contributed by atoms with Gasteiger partial charge in [-0.1, -0.05) is 6.07 Å². The molecule has 0 bridgehead atoms. The third kappa shape index (κ3) is 3.45. The van der Waals surface area contributed by atoms with Gasteiger partial charge in [0.05, 0.1) is 23.8 Å².